The minimum atomic E-state index is -0.887. The van der Waals surface area contributed by atoms with Gasteiger partial charge in [0.2, 0.25) is 0 Å². The molecule has 2 aromatic rings. The number of ether oxygens (including phenoxy) is 1. The maximum Gasteiger partial charge on any atom is 0.341 e. The number of phenolic OH excluding ortho intramolecular Hbond substituents is 1. The predicted molar refractivity (Wildman–Crippen MR) is 117 cm³/mol. The van der Waals surface area contributed by atoms with Crippen LogP contribution >= 0.6 is 0 Å². The van der Waals surface area contributed by atoms with Crippen molar-refractivity contribution in [3.8, 4) is 11.4 Å². The van der Waals surface area contributed by atoms with Crippen molar-refractivity contribution in [3.05, 3.63) is 54.7 Å². The third-order valence-corrected chi connectivity index (χ3v) is 4.92. The topological polar surface area (TPSA) is 123 Å². The Morgan fingerprint density at radius 2 is 1.52 bits per heavy atom. The van der Waals surface area contributed by atoms with Crippen molar-refractivity contribution in [2.75, 3.05) is 6.61 Å². The molecule has 0 radical (unpaired) electrons. The molecule has 0 bridgehead atoms. The zero-order valence-corrected chi connectivity index (χ0v) is 19.2. The Morgan fingerprint density at radius 3 is 1.97 bits per heavy atom. The van der Waals surface area contributed by atoms with Crippen LogP contribution in [-0.4, -0.2) is 31.8 Å². The Morgan fingerprint density at radius 1 is 1.00 bits per heavy atom. The van der Waals surface area contributed by atoms with Crippen LogP contribution in [0.5, 0.6) is 5.75 Å². The molecule has 31 heavy (non-hydrogen) atoms. The Hall–Kier alpha value is -3.10. The van der Waals surface area contributed by atoms with Gasteiger partial charge < -0.3 is 9.84 Å². The highest BCUT2D eigenvalue weighted by atomic mass is 16.5. The van der Waals surface area contributed by atoms with Crippen LogP contribution in [-0.2, 0) is 26.9 Å². The number of nitrogens with one attached hydrogen (secondary N) is 1. The van der Waals surface area contributed by atoms with Gasteiger partial charge in [-0.15, -0.1) is 0 Å². The van der Waals surface area contributed by atoms with Gasteiger partial charge in [0.15, 0.2) is 0 Å². The number of aromatic hydroxyl groups is 1. The van der Waals surface area contributed by atoms with Crippen LogP contribution in [0.1, 0.15) is 66.0 Å². The summed E-state index contributed by atoms with van der Waals surface area (Å²) in [6.07, 6.45) is 0.170. The highest BCUT2D eigenvalue weighted by Crippen LogP contribution is 2.40. The molecule has 1 heterocycles. The Bertz CT molecular complexity index is 1120. The van der Waals surface area contributed by atoms with Crippen molar-refractivity contribution < 1.29 is 14.6 Å². The molecule has 0 atom stereocenters. The van der Waals surface area contributed by atoms with E-state index in [-0.39, 0.29) is 31.0 Å². The largest absolute Gasteiger partial charge is 0.507 e. The zero-order chi connectivity index (χ0) is 23.7. The first kappa shape index (κ1) is 24.2. The predicted octanol–water partition coefficient (Wildman–Crippen LogP) is 1.94. The maximum atomic E-state index is 13.1. The SMILES string of the molecule is CCC(=O)OCCn1c(=O)[nH]c(=O)n(-c2cc(C(C)(C)C)c(O)c(C(C)(C)C)c2)c1=O. The average molecular weight is 434 g/mol. The summed E-state index contributed by atoms with van der Waals surface area (Å²) in [5.41, 5.74) is -2.21. The van der Waals surface area contributed by atoms with Gasteiger partial charge in [0, 0.05) is 17.5 Å². The number of H-pyrrole nitrogens is 1. The number of hydrogen-bond acceptors (Lipinski definition) is 6. The molecule has 2 N–H and O–H groups in total. The van der Waals surface area contributed by atoms with Crippen molar-refractivity contribution in [2.45, 2.75) is 72.3 Å². The fourth-order valence-corrected chi connectivity index (χ4v) is 3.18. The second-order valence-corrected chi connectivity index (χ2v) is 9.47. The van der Waals surface area contributed by atoms with Crippen LogP contribution in [0.3, 0.4) is 0 Å². The van der Waals surface area contributed by atoms with E-state index in [1.54, 1.807) is 19.1 Å². The second kappa shape index (κ2) is 8.56. The number of carbonyl (C=O) groups excluding carboxylic acids is 1. The van der Waals surface area contributed by atoms with Crippen molar-refractivity contribution in [1.82, 2.24) is 14.1 Å². The molecular weight excluding hydrogens is 402 g/mol. The summed E-state index contributed by atoms with van der Waals surface area (Å²) < 4.78 is 6.62. The molecule has 0 fully saturated rings. The summed E-state index contributed by atoms with van der Waals surface area (Å²) in [6, 6.07) is 3.15. The van der Waals surface area contributed by atoms with E-state index in [0.29, 0.717) is 11.1 Å². The lowest BCUT2D eigenvalue weighted by molar-refractivity contribution is -0.143. The van der Waals surface area contributed by atoms with E-state index < -0.39 is 33.9 Å². The molecule has 2 rings (SSSR count). The van der Waals surface area contributed by atoms with Crippen LogP contribution < -0.4 is 17.1 Å². The number of nitrogens with zero attached hydrogens (tertiary/aromatic N) is 2. The van der Waals surface area contributed by atoms with Crippen molar-refractivity contribution in [2.24, 2.45) is 0 Å². The fourth-order valence-electron chi connectivity index (χ4n) is 3.18. The normalized spacial score (nSPS) is 12.1. The minimum Gasteiger partial charge on any atom is -0.507 e. The molecule has 0 aliphatic rings. The smallest absolute Gasteiger partial charge is 0.341 e. The number of aromatic nitrogens is 3. The average Bonchev–Trinajstić information content (AvgIpc) is 2.63. The lowest BCUT2D eigenvalue weighted by Gasteiger charge is -2.28. The Balaban J connectivity index is 2.75. The van der Waals surface area contributed by atoms with Crippen molar-refractivity contribution in [3.63, 3.8) is 0 Å². The van der Waals surface area contributed by atoms with Gasteiger partial charge in [-0.2, -0.15) is 0 Å². The van der Waals surface area contributed by atoms with E-state index >= 15 is 0 Å². The van der Waals surface area contributed by atoms with Gasteiger partial charge >= 0.3 is 23.0 Å². The van der Waals surface area contributed by atoms with Gasteiger partial charge in [-0.25, -0.2) is 23.5 Å². The molecule has 0 amide bonds. The number of rotatable bonds is 5. The third kappa shape index (κ3) is 5.15. The summed E-state index contributed by atoms with van der Waals surface area (Å²) in [5, 5.41) is 10.9. The molecule has 0 aliphatic carbocycles. The van der Waals surface area contributed by atoms with Crippen LogP contribution in [0.2, 0.25) is 0 Å². The van der Waals surface area contributed by atoms with Crippen molar-refractivity contribution >= 4 is 5.97 Å². The summed E-state index contributed by atoms with van der Waals surface area (Å²) in [6.45, 7) is 12.7. The minimum absolute atomic E-state index is 0.105. The van der Waals surface area contributed by atoms with Gasteiger partial charge in [0.25, 0.3) is 0 Å². The molecule has 9 nitrogen and oxygen atoms in total. The molecule has 0 spiro atoms. The van der Waals surface area contributed by atoms with Crippen LogP contribution in [0.25, 0.3) is 5.69 Å². The first-order chi connectivity index (χ1) is 14.2. The van der Waals surface area contributed by atoms with Gasteiger partial charge in [-0.1, -0.05) is 48.5 Å². The van der Waals surface area contributed by atoms with E-state index in [1.165, 1.54) is 0 Å². The molecule has 9 heteroatoms. The summed E-state index contributed by atoms with van der Waals surface area (Å²) >= 11 is 0. The molecule has 1 aromatic carbocycles. The lowest BCUT2D eigenvalue weighted by atomic mass is 9.79. The quantitative estimate of drug-likeness (QED) is 0.695. The maximum absolute atomic E-state index is 13.1. The molecule has 1 aromatic heterocycles. The zero-order valence-electron chi connectivity index (χ0n) is 19.2. The third-order valence-electron chi connectivity index (χ3n) is 4.92. The number of phenols is 1. The van der Waals surface area contributed by atoms with Gasteiger partial charge in [0.05, 0.1) is 12.2 Å². The number of carbonyl (C=O) groups is 1. The first-order valence-corrected chi connectivity index (χ1v) is 10.2. The van der Waals surface area contributed by atoms with E-state index in [1.807, 2.05) is 41.5 Å². The Kier molecular flexibility index (Phi) is 6.68. The number of hydrogen-bond donors (Lipinski definition) is 2. The lowest BCUT2D eigenvalue weighted by Crippen LogP contribution is -2.49. The van der Waals surface area contributed by atoms with Crippen LogP contribution in [0.15, 0.2) is 26.5 Å². The molecule has 0 saturated heterocycles. The number of esters is 1. The van der Waals surface area contributed by atoms with E-state index in [0.717, 1.165) is 9.13 Å². The summed E-state index contributed by atoms with van der Waals surface area (Å²) in [7, 11) is 0. The number of aromatic amines is 1. The van der Waals surface area contributed by atoms with E-state index in [2.05, 4.69) is 4.98 Å². The standard InChI is InChI=1S/C22H31N3O6/c1-8-16(26)31-10-9-24-18(28)23-19(29)25(20(24)30)13-11-14(21(2,3)4)17(27)15(12-13)22(5,6)7/h11-12,27H,8-10H2,1-7H3,(H,23,28,29). The van der Waals surface area contributed by atoms with Gasteiger partial charge in [-0.3, -0.25) is 9.78 Å². The molecule has 170 valence electrons. The van der Waals surface area contributed by atoms with E-state index in [4.69, 9.17) is 4.74 Å². The highest BCUT2D eigenvalue weighted by molar-refractivity contribution is 5.68. The summed E-state index contributed by atoms with van der Waals surface area (Å²) in [4.78, 5) is 51.3. The van der Waals surface area contributed by atoms with Gasteiger partial charge in [0.1, 0.15) is 12.4 Å². The molecule has 0 aliphatic heterocycles. The molecule has 0 unspecified atom stereocenters. The monoisotopic (exact) mass is 433 g/mol. The fraction of sp³-hybridized carbons (Fsp3) is 0.545. The van der Waals surface area contributed by atoms with Crippen molar-refractivity contribution in [1.29, 1.82) is 0 Å². The first-order valence-electron chi connectivity index (χ1n) is 10.2. The van der Waals surface area contributed by atoms with Crippen LogP contribution in [0.4, 0.5) is 0 Å². The van der Waals surface area contributed by atoms with Crippen LogP contribution in [0, 0.1) is 0 Å². The van der Waals surface area contributed by atoms with E-state index in [9.17, 15) is 24.3 Å². The molecular formula is C22H31N3O6. The second-order valence-electron chi connectivity index (χ2n) is 9.47. The molecule has 0 saturated carbocycles. The highest BCUT2D eigenvalue weighted by Gasteiger charge is 2.27. The Labute approximate surface area is 180 Å². The van der Waals surface area contributed by atoms with Gasteiger partial charge in [-0.05, 0) is 23.0 Å². The summed E-state index contributed by atoms with van der Waals surface area (Å²) in [5.74, 6) is -0.353. The number of benzene rings is 1.